The van der Waals surface area contributed by atoms with Crippen LogP contribution in [0.4, 0.5) is 0 Å². The first-order valence-corrected chi connectivity index (χ1v) is 3.71. The third-order valence-electron chi connectivity index (χ3n) is 1.56. The zero-order chi connectivity index (χ0) is 9.84. The van der Waals surface area contributed by atoms with Crippen LogP contribution in [0.2, 0.25) is 0 Å². The third-order valence-corrected chi connectivity index (χ3v) is 1.56. The van der Waals surface area contributed by atoms with Gasteiger partial charge < -0.3 is 5.11 Å². The summed E-state index contributed by atoms with van der Waals surface area (Å²) in [4.78, 5) is 9.81. The molecule has 0 atom stereocenters. The van der Waals surface area contributed by atoms with Crippen LogP contribution in [0.1, 0.15) is 12.5 Å². The zero-order valence-corrected chi connectivity index (χ0v) is 7.10. The van der Waals surface area contributed by atoms with Crippen LogP contribution in [0.25, 0.3) is 6.08 Å². The van der Waals surface area contributed by atoms with Gasteiger partial charge in [0.2, 0.25) is 5.70 Å². The fraction of sp³-hybridized carbons (Fsp3) is 0.111. The number of hydrogen-bond acceptors (Lipinski definition) is 3. The van der Waals surface area contributed by atoms with Crippen molar-refractivity contribution < 1.29 is 10.0 Å². The summed E-state index contributed by atoms with van der Waals surface area (Å²) in [6.07, 6.45) is 1.44. The summed E-state index contributed by atoms with van der Waals surface area (Å²) in [6.45, 7) is 1.42. The quantitative estimate of drug-likeness (QED) is 0.558. The summed E-state index contributed by atoms with van der Waals surface area (Å²) in [6, 6.07) is 6.20. The third kappa shape index (κ3) is 2.59. The Bertz CT molecular complexity index is 340. The standard InChI is InChI=1S/C9H9NO3/c1-7(10(12)13)6-8-2-4-9(11)5-3-8/h2-6,11H,1H3. The number of rotatable bonds is 2. The molecule has 4 nitrogen and oxygen atoms in total. The average Bonchev–Trinajstić information content (AvgIpc) is 2.08. The monoisotopic (exact) mass is 179 g/mol. The lowest BCUT2D eigenvalue weighted by molar-refractivity contribution is -0.422. The minimum Gasteiger partial charge on any atom is -0.508 e. The Kier molecular flexibility index (Phi) is 2.64. The van der Waals surface area contributed by atoms with Crippen molar-refractivity contribution in [2.45, 2.75) is 6.92 Å². The van der Waals surface area contributed by atoms with Gasteiger partial charge in [-0.3, -0.25) is 10.1 Å². The molecule has 0 unspecified atom stereocenters. The average molecular weight is 179 g/mol. The van der Waals surface area contributed by atoms with Crippen LogP contribution in [-0.4, -0.2) is 10.0 Å². The van der Waals surface area contributed by atoms with Crippen molar-refractivity contribution in [3.63, 3.8) is 0 Å². The number of phenolic OH excluding ortho intramolecular Hbond substituents is 1. The van der Waals surface area contributed by atoms with Crippen molar-refractivity contribution in [2.24, 2.45) is 0 Å². The molecular formula is C9H9NO3. The number of nitrogens with zero attached hydrogens (tertiary/aromatic N) is 1. The fourth-order valence-corrected chi connectivity index (χ4v) is 0.864. The first-order valence-electron chi connectivity index (χ1n) is 3.71. The molecule has 0 aliphatic rings. The Morgan fingerprint density at radius 1 is 1.46 bits per heavy atom. The molecule has 13 heavy (non-hydrogen) atoms. The molecule has 0 aliphatic carbocycles. The second-order valence-electron chi connectivity index (χ2n) is 2.63. The van der Waals surface area contributed by atoms with E-state index in [0.717, 1.165) is 0 Å². The maximum absolute atomic E-state index is 10.3. The predicted octanol–water partition coefficient (Wildman–Crippen LogP) is 2.03. The van der Waals surface area contributed by atoms with Gasteiger partial charge in [0.1, 0.15) is 5.75 Å². The lowest BCUT2D eigenvalue weighted by Crippen LogP contribution is -1.92. The highest BCUT2D eigenvalue weighted by molar-refractivity contribution is 5.51. The van der Waals surface area contributed by atoms with Crippen molar-refractivity contribution >= 4 is 6.08 Å². The number of nitro groups is 1. The molecule has 0 amide bonds. The first kappa shape index (κ1) is 9.25. The van der Waals surface area contributed by atoms with Gasteiger partial charge in [-0.05, 0) is 17.7 Å². The van der Waals surface area contributed by atoms with Crippen LogP contribution in [0.3, 0.4) is 0 Å². The van der Waals surface area contributed by atoms with Gasteiger partial charge in [0.15, 0.2) is 0 Å². The van der Waals surface area contributed by atoms with E-state index in [0.29, 0.717) is 5.56 Å². The topological polar surface area (TPSA) is 63.4 Å². The number of hydrogen-bond donors (Lipinski definition) is 1. The van der Waals surface area contributed by atoms with E-state index in [1.54, 1.807) is 12.1 Å². The molecule has 1 aromatic rings. The maximum atomic E-state index is 10.3. The molecule has 1 N–H and O–H groups in total. The van der Waals surface area contributed by atoms with Crippen LogP contribution in [-0.2, 0) is 0 Å². The lowest BCUT2D eigenvalue weighted by Gasteiger charge is -1.93. The molecule has 0 fully saturated rings. The Hall–Kier alpha value is -1.84. The van der Waals surface area contributed by atoms with Crippen molar-refractivity contribution in [3.05, 3.63) is 45.6 Å². The molecule has 0 aliphatic heterocycles. The second-order valence-corrected chi connectivity index (χ2v) is 2.63. The number of benzene rings is 1. The van der Waals surface area contributed by atoms with Crippen molar-refractivity contribution in [2.75, 3.05) is 0 Å². The maximum Gasteiger partial charge on any atom is 0.243 e. The molecule has 0 saturated carbocycles. The van der Waals surface area contributed by atoms with Gasteiger partial charge in [0.05, 0.1) is 4.92 Å². The van der Waals surface area contributed by atoms with E-state index in [1.807, 2.05) is 0 Å². The summed E-state index contributed by atoms with van der Waals surface area (Å²) in [7, 11) is 0. The molecule has 0 heterocycles. The predicted molar refractivity (Wildman–Crippen MR) is 48.8 cm³/mol. The first-order chi connectivity index (χ1) is 6.09. The molecular weight excluding hydrogens is 170 g/mol. The van der Waals surface area contributed by atoms with Crippen molar-refractivity contribution in [3.8, 4) is 5.75 Å². The van der Waals surface area contributed by atoms with Gasteiger partial charge in [0, 0.05) is 13.0 Å². The Labute approximate surface area is 75.3 Å². The van der Waals surface area contributed by atoms with Gasteiger partial charge in [-0.25, -0.2) is 0 Å². The zero-order valence-electron chi connectivity index (χ0n) is 7.10. The van der Waals surface area contributed by atoms with Gasteiger partial charge in [0.25, 0.3) is 0 Å². The lowest BCUT2D eigenvalue weighted by atomic mass is 10.2. The summed E-state index contributed by atoms with van der Waals surface area (Å²) in [5.41, 5.74) is 0.776. The van der Waals surface area contributed by atoms with Crippen LogP contribution >= 0.6 is 0 Å². The largest absolute Gasteiger partial charge is 0.508 e. The highest BCUT2D eigenvalue weighted by atomic mass is 16.6. The molecule has 1 rings (SSSR count). The number of allylic oxidation sites excluding steroid dienone is 1. The van der Waals surface area contributed by atoms with Gasteiger partial charge in [-0.15, -0.1) is 0 Å². The number of phenols is 1. The highest BCUT2D eigenvalue weighted by Gasteiger charge is 2.01. The van der Waals surface area contributed by atoms with Crippen molar-refractivity contribution in [1.82, 2.24) is 0 Å². The van der Waals surface area contributed by atoms with Gasteiger partial charge >= 0.3 is 0 Å². The van der Waals surface area contributed by atoms with Gasteiger partial charge in [-0.1, -0.05) is 12.1 Å². The van der Waals surface area contributed by atoms with E-state index in [9.17, 15) is 10.1 Å². The Morgan fingerprint density at radius 3 is 2.46 bits per heavy atom. The van der Waals surface area contributed by atoms with E-state index in [-0.39, 0.29) is 11.4 Å². The molecule has 68 valence electrons. The van der Waals surface area contributed by atoms with Crippen LogP contribution < -0.4 is 0 Å². The van der Waals surface area contributed by atoms with Gasteiger partial charge in [-0.2, -0.15) is 0 Å². The SMILES string of the molecule is CC(=Cc1ccc(O)cc1)[N+](=O)[O-]. The second kappa shape index (κ2) is 3.71. The fourth-order valence-electron chi connectivity index (χ4n) is 0.864. The number of aromatic hydroxyl groups is 1. The molecule has 0 saturated heterocycles. The molecule has 4 heteroatoms. The summed E-state index contributed by atoms with van der Waals surface area (Å²) < 4.78 is 0. The van der Waals surface area contributed by atoms with E-state index >= 15 is 0 Å². The minimum absolute atomic E-state index is 0.0747. The highest BCUT2D eigenvalue weighted by Crippen LogP contribution is 2.12. The molecule has 0 spiro atoms. The molecule has 0 aromatic heterocycles. The molecule has 0 bridgehead atoms. The Morgan fingerprint density at radius 2 is 2.00 bits per heavy atom. The molecule has 0 radical (unpaired) electrons. The Balaban J connectivity index is 2.92. The minimum atomic E-state index is -0.452. The normalized spacial score (nSPS) is 11.3. The van der Waals surface area contributed by atoms with Crippen molar-refractivity contribution in [1.29, 1.82) is 0 Å². The smallest absolute Gasteiger partial charge is 0.243 e. The van der Waals surface area contributed by atoms with E-state index in [4.69, 9.17) is 5.11 Å². The molecule has 1 aromatic carbocycles. The van der Waals surface area contributed by atoms with E-state index in [2.05, 4.69) is 0 Å². The van der Waals surface area contributed by atoms with Crippen LogP contribution in [0.15, 0.2) is 30.0 Å². The summed E-state index contributed by atoms with van der Waals surface area (Å²) >= 11 is 0. The van der Waals surface area contributed by atoms with E-state index in [1.165, 1.54) is 25.1 Å². The summed E-state index contributed by atoms with van der Waals surface area (Å²) in [5, 5.41) is 19.2. The van der Waals surface area contributed by atoms with Crippen LogP contribution in [0.5, 0.6) is 5.75 Å². The summed E-state index contributed by atoms with van der Waals surface area (Å²) in [5.74, 6) is 0.149. The van der Waals surface area contributed by atoms with Crippen LogP contribution in [0, 0.1) is 10.1 Å². The van der Waals surface area contributed by atoms with E-state index < -0.39 is 4.92 Å².